The van der Waals surface area contributed by atoms with Gasteiger partial charge in [-0.15, -0.1) is 0 Å². The number of hydrogen-bond acceptors (Lipinski definition) is 2. The zero-order valence-corrected chi connectivity index (χ0v) is 16.9. The van der Waals surface area contributed by atoms with E-state index < -0.39 is 10.0 Å². The second-order valence-corrected chi connectivity index (χ2v) is 10.9. The molecule has 4 aliphatic carbocycles. The zero-order valence-electron chi connectivity index (χ0n) is 16.0. The quantitative estimate of drug-likeness (QED) is 0.646. The van der Waals surface area contributed by atoms with Gasteiger partial charge in [-0.2, -0.15) is 0 Å². The summed E-state index contributed by atoms with van der Waals surface area (Å²) < 4.78 is 29.2. The first kappa shape index (κ1) is 18.5. The van der Waals surface area contributed by atoms with Crippen LogP contribution in [0.3, 0.4) is 0 Å². The van der Waals surface area contributed by atoms with Gasteiger partial charge in [0.1, 0.15) is 0 Å². The Labute approximate surface area is 159 Å². The number of sulfonamides is 1. The molecule has 0 unspecified atom stereocenters. The molecule has 4 fully saturated rings. The second kappa shape index (κ2) is 7.27. The molecule has 0 aromatic heterocycles. The lowest BCUT2D eigenvalue weighted by atomic mass is 9.53. The monoisotopic (exact) mass is 375 g/mol. The fourth-order valence-corrected chi connectivity index (χ4v) is 7.60. The third-order valence-electron chi connectivity index (χ3n) is 6.94. The summed E-state index contributed by atoms with van der Waals surface area (Å²) in [6.45, 7) is 2.22. The Bertz CT molecular complexity index is 688. The highest BCUT2D eigenvalue weighted by Crippen LogP contribution is 2.55. The van der Waals surface area contributed by atoms with Gasteiger partial charge in [0, 0.05) is 5.54 Å². The summed E-state index contributed by atoms with van der Waals surface area (Å²) in [5, 5.41) is 0. The highest BCUT2D eigenvalue weighted by atomic mass is 32.2. The first-order valence-electron chi connectivity index (χ1n) is 10.6. The van der Waals surface area contributed by atoms with Gasteiger partial charge < -0.3 is 0 Å². The van der Waals surface area contributed by atoms with E-state index in [1.54, 1.807) is 12.1 Å². The maximum absolute atomic E-state index is 13.0. The lowest BCUT2D eigenvalue weighted by Crippen LogP contribution is -2.59. The van der Waals surface area contributed by atoms with Gasteiger partial charge in [0.15, 0.2) is 0 Å². The smallest absolute Gasteiger partial charge is 0.207 e. The molecule has 0 amide bonds. The molecule has 0 saturated heterocycles. The van der Waals surface area contributed by atoms with Gasteiger partial charge >= 0.3 is 0 Å². The third-order valence-corrected chi connectivity index (χ3v) is 8.54. The summed E-state index contributed by atoms with van der Waals surface area (Å²) in [6.07, 6.45) is 13.1. The van der Waals surface area contributed by atoms with Crippen LogP contribution in [0, 0.1) is 17.8 Å². The van der Waals surface area contributed by atoms with E-state index in [0.29, 0.717) is 4.90 Å². The molecule has 0 heterocycles. The number of benzene rings is 1. The predicted octanol–water partition coefficient (Wildman–Crippen LogP) is 5.06. The molecule has 3 nitrogen and oxygen atoms in total. The average Bonchev–Trinajstić information content (AvgIpc) is 2.57. The third kappa shape index (κ3) is 3.87. The van der Waals surface area contributed by atoms with E-state index in [0.717, 1.165) is 43.4 Å². The fourth-order valence-electron chi connectivity index (χ4n) is 6.17. The highest BCUT2D eigenvalue weighted by Gasteiger charge is 2.52. The molecule has 1 aromatic rings. The van der Waals surface area contributed by atoms with Crippen molar-refractivity contribution in [3.05, 3.63) is 29.8 Å². The first-order chi connectivity index (χ1) is 12.5. The van der Waals surface area contributed by atoms with Crippen molar-refractivity contribution in [2.75, 3.05) is 0 Å². The van der Waals surface area contributed by atoms with Crippen LogP contribution in [-0.2, 0) is 16.4 Å². The fraction of sp³-hybridized carbons (Fsp3) is 0.727. The lowest BCUT2D eigenvalue weighted by molar-refractivity contribution is -0.00810. The van der Waals surface area contributed by atoms with Crippen molar-refractivity contribution in [3.8, 4) is 0 Å². The summed E-state index contributed by atoms with van der Waals surface area (Å²) >= 11 is 0. The number of nitrogens with one attached hydrogen (secondary N) is 1. The normalized spacial score (nSPS) is 32.9. The first-order valence-corrected chi connectivity index (χ1v) is 12.1. The Morgan fingerprint density at radius 2 is 1.50 bits per heavy atom. The Balaban J connectivity index is 1.42. The maximum atomic E-state index is 13.0. The van der Waals surface area contributed by atoms with Crippen LogP contribution in [0.25, 0.3) is 0 Å². The molecule has 1 N–H and O–H groups in total. The molecular formula is C22H33NO2S. The summed E-state index contributed by atoms with van der Waals surface area (Å²) in [4.78, 5) is 0.436. The second-order valence-electron chi connectivity index (χ2n) is 9.26. The molecule has 4 bridgehead atoms. The number of aryl methyl sites for hydroxylation is 1. The molecule has 4 heteroatoms. The van der Waals surface area contributed by atoms with Crippen LogP contribution in [0.1, 0.15) is 76.7 Å². The van der Waals surface area contributed by atoms with Crippen molar-refractivity contribution in [3.63, 3.8) is 0 Å². The topological polar surface area (TPSA) is 46.2 Å². The summed E-state index contributed by atoms with van der Waals surface area (Å²) in [6, 6.07) is 7.61. The summed E-state index contributed by atoms with van der Waals surface area (Å²) in [5.74, 6) is 2.23. The van der Waals surface area contributed by atoms with E-state index in [1.807, 2.05) is 12.1 Å². The van der Waals surface area contributed by atoms with Crippen LogP contribution >= 0.6 is 0 Å². The van der Waals surface area contributed by atoms with Gasteiger partial charge in [-0.3, -0.25) is 0 Å². The van der Waals surface area contributed by atoms with Crippen LogP contribution in [0.15, 0.2) is 29.2 Å². The van der Waals surface area contributed by atoms with Gasteiger partial charge in [-0.25, -0.2) is 13.1 Å². The van der Waals surface area contributed by atoms with Crippen LogP contribution in [-0.4, -0.2) is 14.0 Å². The van der Waals surface area contributed by atoms with Crippen molar-refractivity contribution >= 4 is 10.0 Å². The Morgan fingerprint density at radius 1 is 0.923 bits per heavy atom. The molecule has 1 aromatic carbocycles. The molecule has 0 radical (unpaired) electrons. The Kier molecular flexibility index (Phi) is 5.17. The number of hydrogen-bond donors (Lipinski definition) is 1. The Morgan fingerprint density at radius 3 is 2.04 bits per heavy atom. The van der Waals surface area contributed by atoms with Gasteiger partial charge in [0.2, 0.25) is 10.0 Å². The van der Waals surface area contributed by atoms with E-state index in [2.05, 4.69) is 11.6 Å². The summed E-state index contributed by atoms with van der Waals surface area (Å²) in [7, 11) is -3.42. The minimum Gasteiger partial charge on any atom is -0.207 e. The van der Waals surface area contributed by atoms with Crippen molar-refractivity contribution in [2.45, 2.75) is 88.0 Å². The van der Waals surface area contributed by atoms with E-state index >= 15 is 0 Å². The minimum absolute atomic E-state index is 0.160. The van der Waals surface area contributed by atoms with Crippen LogP contribution in [0.5, 0.6) is 0 Å². The van der Waals surface area contributed by atoms with Crippen molar-refractivity contribution in [1.29, 1.82) is 0 Å². The van der Waals surface area contributed by atoms with Crippen molar-refractivity contribution < 1.29 is 8.42 Å². The van der Waals surface area contributed by atoms with E-state index in [4.69, 9.17) is 0 Å². The number of rotatable bonds is 8. The predicted molar refractivity (Wildman–Crippen MR) is 106 cm³/mol. The molecule has 144 valence electrons. The zero-order chi connectivity index (χ0) is 18.2. The average molecular weight is 376 g/mol. The van der Waals surface area contributed by atoms with E-state index in [1.165, 1.54) is 50.5 Å². The van der Waals surface area contributed by atoms with Gasteiger partial charge in [0.25, 0.3) is 0 Å². The molecule has 0 aliphatic heterocycles. The summed E-state index contributed by atoms with van der Waals surface area (Å²) in [5.41, 5.74) is 1.08. The largest absolute Gasteiger partial charge is 0.241 e. The molecule has 4 saturated carbocycles. The number of unbranched alkanes of at least 4 members (excludes halogenated alkanes) is 3. The van der Waals surface area contributed by atoms with Crippen molar-refractivity contribution in [2.24, 2.45) is 17.8 Å². The maximum Gasteiger partial charge on any atom is 0.241 e. The highest BCUT2D eigenvalue weighted by molar-refractivity contribution is 7.89. The SMILES string of the molecule is CCCCCCc1ccc(S(=O)(=O)NC23CC4CC(CC(C4)C2)C3)cc1. The van der Waals surface area contributed by atoms with Crippen molar-refractivity contribution in [1.82, 2.24) is 4.72 Å². The lowest BCUT2D eigenvalue weighted by Gasteiger charge is -2.56. The molecule has 26 heavy (non-hydrogen) atoms. The van der Waals surface area contributed by atoms with E-state index in [-0.39, 0.29) is 5.54 Å². The van der Waals surface area contributed by atoms with Crippen LogP contribution in [0.2, 0.25) is 0 Å². The molecular weight excluding hydrogens is 342 g/mol. The van der Waals surface area contributed by atoms with Crippen LogP contribution < -0.4 is 4.72 Å². The minimum atomic E-state index is -3.42. The van der Waals surface area contributed by atoms with Gasteiger partial charge in [0.05, 0.1) is 4.90 Å². The Hall–Kier alpha value is -0.870. The molecule has 0 spiro atoms. The standard InChI is InChI=1S/C22H33NO2S/c1-2-3-4-5-6-17-7-9-21(10-8-17)26(24,25)23-22-14-18-11-19(15-22)13-20(12-18)16-22/h7-10,18-20,23H,2-6,11-16H2,1H3. The van der Waals surface area contributed by atoms with Gasteiger partial charge in [-0.05, 0) is 86.8 Å². The molecule has 0 atom stereocenters. The molecule has 5 rings (SSSR count). The van der Waals surface area contributed by atoms with E-state index in [9.17, 15) is 8.42 Å². The van der Waals surface area contributed by atoms with Crippen LogP contribution in [0.4, 0.5) is 0 Å². The molecule has 4 aliphatic rings. The van der Waals surface area contributed by atoms with Gasteiger partial charge in [-0.1, -0.05) is 38.3 Å².